The maximum atomic E-state index is 11.6. The van der Waals surface area contributed by atoms with Crippen molar-refractivity contribution in [2.24, 2.45) is 11.7 Å². The summed E-state index contributed by atoms with van der Waals surface area (Å²) in [6, 6.07) is 0.352. The van der Waals surface area contributed by atoms with Gasteiger partial charge in [0.1, 0.15) is 0 Å². The molecule has 0 saturated heterocycles. The van der Waals surface area contributed by atoms with E-state index >= 15 is 0 Å². The van der Waals surface area contributed by atoms with Crippen LogP contribution in [0.25, 0.3) is 0 Å². The van der Waals surface area contributed by atoms with E-state index in [0.717, 1.165) is 12.8 Å². The number of carbonyl (C=O) groups is 1. The molecule has 1 atom stereocenters. The number of nitrogens with two attached hydrogens (primary N) is 1. The van der Waals surface area contributed by atoms with Crippen molar-refractivity contribution in [3.8, 4) is 0 Å². The van der Waals surface area contributed by atoms with E-state index in [1.807, 2.05) is 0 Å². The summed E-state index contributed by atoms with van der Waals surface area (Å²) in [5, 5.41) is 3.13. The number of nitrogens with one attached hydrogen (secondary N) is 1. The van der Waals surface area contributed by atoms with Gasteiger partial charge in [-0.3, -0.25) is 4.79 Å². The van der Waals surface area contributed by atoms with Gasteiger partial charge in [-0.05, 0) is 45.1 Å². The fourth-order valence-corrected chi connectivity index (χ4v) is 2.51. The zero-order chi connectivity index (χ0) is 11.8. The van der Waals surface area contributed by atoms with Crippen LogP contribution in [0.4, 0.5) is 0 Å². The van der Waals surface area contributed by atoms with E-state index in [-0.39, 0.29) is 5.91 Å². The zero-order valence-corrected chi connectivity index (χ0v) is 10.5. The van der Waals surface area contributed by atoms with Crippen molar-refractivity contribution in [1.29, 1.82) is 0 Å². The molecule has 0 heterocycles. The van der Waals surface area contributed by atoms with Crippen LogP contribution in [0.3, 0.4) is 0 Å². The van der Waals surface area contributed by atoms with Gasteiger partial charge in [-0.2, -0.15) is 0 Å². The molecule has 0 radical (unpaired) electrons. The van der Waals surface area contributed by atoms with E-state index in [0.29, 0.717) is 24.9 Å². The summed E-state index contributed by atoms with van der Waals surface area (Å²) in [5.74, 6) is 0.902. The SMILES string of the molecule is C[C@H](NC(=O)CCCCN)C1CCCCC1. The van der Waals surface area contributed by atoms with Gasteiger partial charge in [0.2, 0.25) is 5.91 Å². The van der Waals surface area contributed by atoms with E-state index in [1.165, 1.54) is 32.1 Å². The van der Waals surface area contributed by atoms with Crippen LogP contribution < -0.4 is 11.1 Å². The number of carbonyl (C=O) groups excluding carboxylic acids is 1. The average Bonchev–Trinajstić information content (AvgIpc) is 2.30. The van der Waals surface area contributed by atoms with Crippen molar-refractivity contribution in [3.63, 3.8) is 0 Å². The Morgan fingerprint density at radius 2 is 2.00 bits per heavy atom. The Kier molecular flexibility index (Phi) is 6.46. The monoisotopic (exact) mass is 226 g/mol. The lowest BCUT2D eigenvalue weighted by Gasteiger charge is -2.28. The van der Waals surface area contributed by atoms with E-state index < -0.39 is 0 Å². The lowest BCUT2D eigenvalue weighted by molar-refractivity contribution is -0.122. The second-order valence-corrected chi connectivity index (χ2v) is 5.00. The Balaban J connectivity index is 2.16. The molecule has 0 unspecified atom stereocenters. The first-order chi connectivity index (χ1) is 7.74. The molecule has 1 saturated carbocycles. The molecule has 3 N–H and O–H groups in total. The highest BCUT2D eigenvalue weighted by Crippen LogP contribution is 2.26. The first-order valence-corrected chi connectivity index (χ1v) is 6.73. The Morgan fingerprint density at radius 1 is 1.31 bits per heavy atom. The second-order valence-electron chi connectivity index (χ2n) is 5.00. The number of unbranched alkanes of at least 4 members (excludes halogenated alkanes) is 1. The third-order valence-corrected chi connectivity index (χ3v) is 3.60. The fraction of sp³-hybridized carbons (Fsp3) is 0.923. The molecule has 1 amide bonds. The third-order valence-electron chi connectivity index (χ3n) is 3.60. The van der Waals surface area contributed by atoms with Gasteiger partial charge in [-0.1, -0.05) is 19.3 Å². The Labute approximate surface area is 99.2 Å². The Hall–Kier alpha value is -0.570. The summed E-state index contributed by atoms with van der Waals surface area (Å²) in [4.78, 5) is 11.6. The summed E-state index contributed by atoms with van der Waals surface area (Å²) in [5.41, 5.74) is 5.40. The lowest BCUT2D eigenvalue weighted by Crippen LogP contribution is -2.38. The van der Waals surface area contributed by atoms with Crippen LogP contribution in [-0.4, -0.2) is 18.5 Å². The summed E-state index contributed by atoms with van der Waals surface area (Å²) < 4.78 is 0. The van der Waals surface area contributed by atoms with Crippen LogP contribution >= 0.6 is 0 Å². The van der Waals surface area contributed by atoms with Gasteiger partial charge in [-0.25, -0.2) is 0 Å². The molecule has 0 bridgehead atoms. The van der Waals surface area contributed by atoms with E-state index in [1.54, 1.807) is 0 Å². The van der Waals surface area contributed by atoms with Gasteiger partial charge in [0.15, 0.2) is 0 Å². The van der Waals surface area contributed by atoms with Gasteiger partial charge in [0.05, 0.1) is 0 Å². The predicted octanol–water partition coefficient (Wildman–Crippen LogP) is 2.20. The molecule has 3 heteroatoms. The molecule has 1 aliphatic carbocycles. The van der Waals surface area contributed by atoms with Crippen LogP contribution in [0.2, 0.25) is 0 Å². The molecule has 16 heavy (non-hydrogen) atoms. The molecule has 0 aliphatic heterocycles. The van der Waals surface area contributed by atoms with E-state index in [2.05, 4.69) is 12.2 Å². The molecule has 94 valence electrons. The Morgan fingerprint density at radius 3 is 2.62 bits per heavy atom. The second kappa shape index (κ2) is 7.66. The predicted molar refractivity (Wildman–Crippen MR) is 67.1 cm³/mol. The smallest absolute Gasteiger partial charge is 0.220 e. The minimum atomic E-state index is 0.200. The molecule has 0 aromatic heterocycles. The first-order valence-electron chi connectivity index (χ1n) is 6.73. The van der Waals surface area contributed by atoms with Crippen LogP contribution in [-0.2, 0) is 4.79 Å². The minimum Gasteiger partial charge on any atom is -0.353 e. The van der Waals surface area contributed by atoms with E-state index in [4.69, 9.17) is 5.73 Å². The lowest BCUT2D eigenvalue weighted by atomic mass is 9.84. The van der Waals surface area contributed by atoms with Gasteiger partial charge < -0.3 is 11.1 Å². The summed E-state index contributed by atoms with van der Waals surface area (Å²) in [7, 11) is 0. The van der Waals surface area contributed by atoms with Crippen molar-refractivity contribution >= 4 is 5.91 Å². The van der Waals surface area contributed by atoms with Crippen LogP contribution in [0.15, 0.2) is 0 Å². The number of amides is 1. The van der Waals surface area contributed by atoms with E-state index in [9.17, 15) is 4.79 Å². The van der Waals surface area contributed by atoms with Gasteiger partial charge in [0, 0.05) is 12.5 Å². The molecular weight excluding hydrogens is 200 g/mol. The van der Waals surface area contributed by atoms with Gasteiger partial charge in [0.25, 0.3) is 0 Å². The van der Waals surface area contributed by atoms with Crippen LogP contribution in [0.1, 0.15) is 58.3 Å². The van der Waals surface area contributed by atoms with Crippen molar-refractivity contribution in [2.45, 2.75) is 64.3 Å². The van der Waals surface area contributed by atoms with Crippen molar-refractivity contribution in [2.75, 3.05) is 6.54 Å². The topological polar surface area (TPSA) is 55.1 Å². The zero-order valence-electron chi connectivity index (χ0n) is 10.5. The fourth-order valence-electron chi connectivity index (χ4n) is 2.51. The number of rotatable bonds is 6. The average molecular weight is 226 g/mol. The molecule has 0 spiro atoms. The normalized spacial score (nSPS) is 19.4. The Bertz CT molecular complexity index is 200. The standard InChI is InChI=1S/C13H26N2O/c1-11(12-7-3-2-4-8-12)15-13(16)9-5-6-10-14/h11-12H,2-10,14H2,1H3,(H,15,16)/t11-/m0/s1. The van der Waals surface area contributed by atoms with Crippen LogP contribution in [0, 0.1) is 5.92 Å². The van der Waals surface area contributed by atoms with Crippen molar-refractivity contribution < 1.29 is 4.79 Å². The molecule has 1 aliphatic rings. The third kappa shape index (κ3) is 4.97. The summed E-state index contributed by atoms with van der Waals surface area (Å²) in [6.07, 6.45) is 9.09. The van der Waals surface area contributed by atoms with Gasteiger partial charge >= 0.3 is 0 Å². The first kappa shape index (κ1) is 13.5. The highest BCUT2D eigenvalue weighted by Gasteiger charge is 2.20. The maximum absolute atomic E-state index is 11.6. The molecule has 0 aromatic carbocycles. The molecule has 3 nitrogen and oxygen atoms in total. The molecule has 1 rings (SSSR count). The molecule has 0 aromatic rings. The van der Waals surface area contributed by atoms with Crippen molar-refractivity contribution in [3.05, 3.63) is 0 Å². The van der Waals surface area contributed by atoms with Crippen LogP contribution in [0.5, 0.6) is 0 Å². The van der Waals surface area contributed by atoms with Gasteiger partial charge in [-0.15, -0.1) is 0 Å². The molecular formula is C13H26N2O. The quantitative estimate of drug-likeness (QED) is 0.682. The largest absolute Gasteiger partial charge is 0.353 e. The highest BCUT2D eigenvalue weighted by atomic mass is 16.1. The highest BCUT2D eigenvalue weighted by molar-refractivity contribution is 5.76. The number of hydrogen-bond acceptors (Lipinski definition) is 2. The summed E-state index contributed by atoms with van der Waals surface area (Å²) >= 11 is 0. The maximum Gasteiger partial charge on any atom is 0.220 e. The summed E-state index contributed by atoms with van der Waals surface area (Å²) in [6.45, 7) is 2.84. The number of hydrogen-bond donors (Lipinski definition) is 2. The minimum absolute atomic E-state index is 0.200. The van der Waals surface area contributed by atoms with Crippen molar-refractivity contribution in [1.82, 2.24) is 5.32 Å². The molecule has 1 fully saturated rings.